The van der Waals surface area contributed by atoms with Crippen LogP contribution in [0.1, 0.15) is 12.1 Å². The maximum Gasteiger partial charge on any atom is 0.304 e. The minimum Gasteiger partial charge on any atom is -0.481 e. The Bertz CT molecular complexity index is 245. The number of imidazole rings is 1. The van der Waals surface area contributed by atoms with E-state index < -0.39 is 5.97 Å². The highest BCUT2D eigenvalue weighted by molar-refractivity contribution is 5.67. The summed E-state index contributed by atoms with van der Waals surface area (Å²) in [6.07, 6.45) is 3.73. The third kappa shape index (κ3) is 2.71. The number of aromatic amines is 1. The first-order valence-electron chi connectivity index (χ1n) is 3.63. The van der Waals surface area contributed by atoms with E-state index in [0.717, 1.165) is 5.69 Å². The fourth-order valence-electron chi connectivity index (χ4n) is 0.968. The van der Waals surface area contributed by atoms with Gasteiger partial charge >= 0.3 is 5.97 Å². The number of H-pyrrole nitrogens is 1. The van der Waals surface area contributed by atoms with E-state index in [4.69, 9.17) is 10.8 Å². The lowest BCUT2D eigenvalue weighted by atomic mass is 10.1. The van der Waals surface area contributed by atoms with E-state index >= 15 is 0 Å². The summed E-state index contributed by atoms with van der Waals surface area (Å²) in [4.78, 5) is 16.9. The maximum atomic E-state index is 10.2. The van der Waals surface area contributed by atoms with E-state index in [1.165, 1.54) is 0 Å². The zero-order valence-corrected chi connectivity index (χ0v) is 6.53. The summed E-state index contributed by atoms with van der Waals surface area (Å²) in [6.45, 7) is 0. The van der Waals surface area contributed by atoms with Gasteiger partial charge in [0.2, 0.25) is 0 Å². The van der Waals surface area contributed by atoms with Crippen molar-refractivity contribution in [3.05, 3.63) is 18.2 Å². The predicted molar refractivity (Wildman–Crippen MR) is 42.5 cm³/mol. The molecule has 1 heterocycles. The topological polar surface area (TPSA) is 92.0 Å². The molecule has 66 valence electrons. The van der Waals surface area contributed by atoms with E-state index in [2.05, 4.69) is 9.97 Å². The second kappa shape index (κ2) is 3.87. The van der Waals surface area contributed by atoms with Gasteiger partial charge in [0.25, 0.3) is 0 Å². The molecule has 0 bridgehead atoms. The summed E-state index contributed by atoms with van der Waals surface area (Å²) >= 11 is 0. The molecule has 0 fully saturated rings. The molecule has 1 aromatic heterocycles. The molecule has 0 aliphatic rings. The van der Waals surface area contributed by atoms with Gasteiger partial charge in [0.1, 0.15) is 0 Å². The number of carboxylic acids is 1. The van der Waals surface area contributed by atoms with Crippen molar-refractivity contribution in [2.45, 2.75) is 18.9 Å². The number of hydrogen-bond acceptors (Lipinski definition) is 3. The first-order chi connectivity index (χ1) is 5.68. The summed E-state index contributed by atoms with van der Waals surface area (Å²) in [5.41, 5.74) is 6.33. The smallest absolute Gasteiger partial charge is 0.304 e. The standard InChI is InChI=1S/C7H11N3O2/c8-5(2-7(11)12)1-6-3-9-4-10-6/h3-5H,1-2,8H2,(H,9,10)(H,11,12)/t5-/m0/s1. The number of aromatic nitrogens is 2. The van der Waals surface area contributed by atoms with E-state index in [-0.39, 0.29) is 12.5 Å². The molecular formula is C7H11N3O2. The van der Waals surface area contributed by atoms with Gasteiger partial charge in [0.05, 0.1) is 18.4 Å². The van der Waals surface area contributed by atoms with Gasteiger partial charge in [-0.3, -0.25) is 4.79 Å². The van der Waals surface area contributed by atoms with E-state index in [0.29, 0.717) is 6.42 Å². The number of nitrogens with two attached hydrogens (primary N) is 1. The number of nitrogens with zero attached hydrogens (tertiary/aromatic N) is 1. The number of hydrogen-bond donors (Lipinski definition) is 3. The largest absolute Gasteiger partial charge is 0.481 e. The second-order valence-corrected chi connectivity index (χ2v) is 2.62. The normalized spacial score (nSPS) is 12.8. The fourth-order valence-corrected chi connectivity index (χ4v) is 0.968. The highest BCUT2D eigenvalue weighted by atomic mass is 16.4. The summed E-state index contributed by atoms with van der Waals surface area (Å²) < 4.78 is 0. The summed E-state index contributed by atoms with van der Waals surface area (Å²) in [5, 5.41) is 8.40. The van der Waals surface area contributed by atoms with Gasteiger partial charge in [-0.2, -0.15) is 0 Å². The molecule has 1 rings (SSSR count). The summed E-state index contributed by atoms with van der Waals surface area (Å²) in [5.74, 6) is -0.877. The molecule has 4 N–H and O–H groups in total. The Balaban J connectivity index is 2.36. The second-order valence-electron chi connectivity index (χ2n) is 2.62. The molecule has 0 aliphatic heterocycles. The molecule has 1 aromatic rings. The minimum atomic E-state index is -0.877. The van der Waals surface area contributed by atoms with Crippen molar-refractivity contribution in [1.29, 1.82) is 0 Å². The van der Waals surface area contributed by atoms with Crippen molar-refractivity contribution in [2.75, 3.05) is 0 Å². The predicted octanol–water partition coefficient (Wildman–Crippen LogP) is -0.246. The van der Waals surface area contributed by atoms with Crippen molar-refractivity contribution < 1.29 is 9.90 Å². The Morgan fingerprint density at radius 3 is 3.08 bits per heavy atom. The highest BCUT2D eigenvalue weighted by Crippen LogP contribution is 1.99. The van der Waals surface area contributed by atoms with Gasteiger partial charge in [0, 0.05) is 18.7 Å². The average molecular weight is 169 g/mol. The van der Waals surface area contributed by atoms with Gasteiger partial charge in [-0.1, -0.05) is 0 Å². The molecule has 0 aliphatic carbocycles. The fraction of sp³-hybridized carbons (Fsp3) is 0.429. The van der Waals surface area contributed by atoms with Gasteiger partial charge in [-0.15, -0.1) is 0 Å². The Morgan fingerprint density at radius 2 is 2.58 bits per heavy atom. The van der Waals surface area contributed by atoms with Crippen LogP contribution in [0, 0.1) is 0 Å². The van der Waals surface area contributed by atoms with Crippen LogP contribution < -0.4 is 5.73 Å². The van der Waals surface area contributed by atoms with Crippen molar-refractivity contribution in [1.82, 2.24) is 9.97 Å². The van der Waals surface area contributed by atoms with E-state index in [1.54, 1.807) is 12.5 Å². The van der Waals surface area contributed by atoms with E-state index in [9.17, 15) is 4.79 Å². The molecule has 0 saturated carbocycles. The Kier molecular flexibility index (Phi) is 2.82. The molecule has 0 spiro atoms. The van der Waals surface area contributed by atoms with Crippen LogP contribution in [0.25, 0.3) is 0 Å². The maximum absolute atomic E-state index is 10.2. The monoisotopic (exact) mass is 169 g/mol. The molecule has 0 saturated heterocycles. The zero-order valence-electron chi connectivity index (χ0n) is 6.53. The number of carbonyl (C=O) groups is 1. The summed E-state index contributed by atoms with van der Waals surface area (Å²) in [7, 11) is 0. The van der Waals surface area contributed by atoms with Gasteiger partial charge < -0.3 is 15.8 Å². The van der Waals surface area contributed by atoms with Crippen LogP contribution in [-0.2, 0) is 11.2 Å². The quantitative estimate of drug-likeness (QED) is 0.579. The molecule has 0 amide bonds. The number of aliphatic carboxylic acids is 1. The van der Waals surface area contributed by atoms with Crippen LogP contribution >= 0.6 is 0 Å². The molecule has 0 radical (unpaired) electrons. The van der Waals surface area contributed by atoms with E-state index in [1.807, 2.05) is 0 Å². The lowest BCUT2D eigenvalue weighted by molar-refractivity contribution is -0.137. The molecule has 5 nitrogen and oxygen atoms in total. The van der Waals surface area contributed by atoms with Crippen LogP contribution in [-0.4, -0.2) is 27.1 Å². The lowest BCUT2D eigenvalue weighted by Crippen LogP contribution is -2.26. The van der Waals surface area contributed by atoms with Crippen molar-refractivity contribution >= 4 is 5.97 Å². The van der Waals surface area contributed by atoms with Gasteiger partial charge in [-0.05, 0) is 0 Å². The SMILES string of the molecule is N[C@H](CC(=O)O)Cc1c[nH]cn1. The van der Waals surface area contributed by atoms with Crippen molar-refractivity contribution in [3.8, 4) is 0 Å². The average Bonchev–Trinajstić information content (AvgIpc) is 2.37. The van der Waals surface area contributed by atoms with Crippen LogP contribution in [0.3, 0.4) is 0 Å². The molecule has 12 heavy (non-hydrogen) atoms. The highest BCUT2D eigenvalue weighted by Gasteiger charge is 2.09. The molecule has 5 heteroatoms. The summed E-state index contributed by atoms with van der Waals surface area (Å²) in [6, 6.07) is -0.356. The third-order valence-corrected chi connectivity index (χ3v) is 1.46. The van der Waals surface area contributed by atoms with Crippen molar-refractivity contribution in [3.63, 3.8) is 0 Å². The van der Waals surface area contributed by atoms with Crippen molar-refractivity contribution in [2.24, 2.45) is 5.73 Å². The zero-order chi connectivity index (χ0) is 8.97. The number of nitrogens with one attached hydrogen (secondary N) is 1. The molecule has 0 unspecified atom stereocenters. The van der Waals surface area contributed by atoms with Crippen LogP contribution in [0.4, 0.5) is 0 Å². The third-order valence-electron chi connectivity index (χ3n) is 1.46. The van der Waals surface area contributed by atoms with Crippen LogP contribution in [0.5, 0.6) is 0 Å². The number of rotatable bonds is 4. The minimum absolute atomic E-state index is 0.0210. The van der Waals surface area contributed by atoms with Gasteiger partial charge in [0.15, 0.2) is 0 Å². The lowest BCUT2D eigenvalue weighted by Gasteiger charge is -2.04. The molecule has 1 atom stereocenters. The first kappa shape index (κ1) is 8.73. The first-order valence-corrected chi connectivity index (χ1v) is 3.63. The molecule has 0 aromatic carbocycles. The Hall–Kier alpha value is -1.36. The number of carboxylic acid groups (broad SMARTS) is 1. The van der Waals surface area contributed by atoms with Crippen LogP contribution in [0.2, 0.25) is 0 Å². The molecular weight excluding hydrogens is 158 g/mol. The Labute approximate surface area is 69.6 Å². The van der Waals surface area contributed by atoms with Crippen LogP contribution in [0.15, 0.2) is 12.5 Å². The van der Waals surface area contributed by atoms with Gasteiger partial charge in [-0.25, -0.2) is 4.98 Å². The Morgan fingerprint density at radius 1 is 1.83 bits per heavy atom.